The van der Waals surface area contributed by atoms with Crippen LogP contribution in [0.15, 0.2) is 78.9 Å². The molecule has 38 heavy (non-hydrogen) atoms. The van der Waals surface area contributed by atoms with Gasteiger partial charge in [-0.2, -0.15) is 0 Å². The smallest absolute Gasteiger partial charge is 0.406 e. The molecule has 0 fully saturated rings. The van der Waals surface area contributed by atoms with Crippen molar-refractivity contribution >= 4 is 50.4 Å². The average molecular weight is 554 g/mol. The second-order valence-corrected chi connectivity index (χ2v) is 9.91. The van der Waals surface area contributed by atoms with Gasteiger partial charge < -0.3 is 15.8 Å². The van der Waals surface area contributed by atoms with E-state index in [1.54, 1.807) is 12.1 Å². The van der Waals surface area contributed by atoms with E-state index in [0.29, 0.717) is 15.2 Å². The molecule has 0 radical (unpaired) electrons. The van der Waals surface area contributed by atoms with Gasteiger partial charge in [-0.3, -0.25) is 4.79 Å². The number of nitrogens with zero attached hydrogens (tertiary/aromatic N) is 1. The number of amides is 1. The molecule has 0 aliphatic heterocycles. The molecule has 0 saturated heterocycles. The van der Waals surface area contributed by atoms with Gasteiger partial charge in [0.1, 0.15) is 15.5 Å². The summed E-state index contributed by atoms with van der Waals surface area (Å²) in [4.78, 5) is 18.8. The molecule has 3 aromatic carbocycles. The number of hydrogen-bond donors (Lipinski definition) is 2. The van der Waals surface area contributed by atoms with Gasteiger partial charge in [-0.25, -0.2) is 4.98 Å². The van der Waals surface area contributed by atoms with Crippen LogP contribution in [0.5, 0.6) is 5.75 Å². The van der Waals surface area contributed by atoms with Gasteiger partial charge >= 0.3 is 6.36 Å². The molecule has 0 unspecified atom stereocenters. The third kappa shape index (κ3) is 5.44. The lowest BCUT2D eigenvalue weighted by Crippen LogP contribution is -2.17. The summed E-state index contributed by atoms with van der Waals surface area (Å²) < 4.78 is 41.2. The maximum atomic E-state index is 13.2. The van der Waals surface area contributed by atoms with Crippen molar-refractivity contribution in [3.8, 4) is 28.1 Å². The average Bonchev–Trinajstić information content (AvgIpc) is 3.21. The number of carbonyl (C=O) groups excluding carboxylic acids is 1. The van der Waals surface area contributed by atoms with Crippen molar-refractivity contribution in [3.05, 3.63) is 94.3 Å². The van der Waals surface area contributed by atoms with Crippen LogP contribution in [0.25, 0.3) is 32.6 Å². The highest BCUT2D eigenvalue weighted by atomic mass is 35.5. The van der Waals surface area contributed by atoms with Gasteiger partial charge in [-0.05, 0) is 60.5 Å². The molecule has 2 aromatic heterocycles. The summed E-state index contributed by atoms with van der Waals surface area (Å²) in [6.07, 6.45) is -4.80. The number of fused-ring (bicyclic) bond motifs is 1. The molecule has 2 heterocycles. The number of thiophene rings is 1. The fraction of sp³-hybridized carbons (Fsp3) is 0.0714. The van der Waals surface area contributed by atoms with Crippen molar-refractivity contribution in [3.63, 3.8) is 0 Å². The van der Waals surface area contributed by atoms with Gasteiger partial charge in [0.15, 0.2) is 0 Å². The Labute approximate surface area is 224 Å². The number of halogens is 4. The zero-order valence-electron chi connectivity index (χ0n) is 19.8. The van der Waals surface area contributed by atoms with Gasteiger partial charge in [0.2, 0.25) is 0 Å². The SMILES string of the molecule is Cc1ccc(-c2cc(-c3ccc(Cl)cc3)c3c(N)c(C(=O)Nc4ccc(OC(F)(F)F)cc4)sc3n2)cc1. The number of hydrogen-bond acceptors (Lipinski definition) is 5. The number of benzene rings is 3. The van der Waals surface area contributed by atoms with Crippen molar-refractivity contribution in [2.75, 3.05) is 11.1 Å². The van der Waals surface area contributed by atoms with E-state index in [2.05, 4.69) is 10.1 Å². The fourth-order valence-electron chi connectivity index (χ4n) is 3.95. The highest BCUT2D eigenvalue weighted by Crippen LogP contribution is 2.42. The normalized spacial score (nSPS) is 11.5. The number of aryl methyl sites for hydroxylation is 1. The predicted octanol–water partition coefficient (Wildman–Crippen LogP) is 8.33. The molecule has 10 heteroatoms. The predicted molar refractivity (Wildman–Crippen MR) is 146 cm³/mol. The van der Waals surface area contributed by atoms with Gasteiger partial charge in [0.25, 0.3) is 5.91 Å². The molecule has 3 N–H and O–H groups in total. The number of anilines is 2. The topological polar surface area (TPSA) is 77.2 Å². The van der Waals surface area contributed by atoms with E-state index in [0.717, 1.165) is 51.4 Å². The van der Waals surface area contributed by atoms with E-state index in [9.17, 15) is 18.0 Å². The summed E-state index contributed by atoms with van der Waals surface area (Å²) in [6.45, 7) is 2.00. The Morgan fingerprint density at radius 1 is 0.974 bits per heavy atom. The van der Waals surface area contributed by atoms with Crippen LogP contribution in [-0.4, -0.2) is 17.3 Å². The highest BCUT2D eigenvalue weighted by molar-refractivity contribution is 7.21. The molecule has 192 valence electrons. The summed E-state index contributed by atoms with van der Waals surface area (Å²) in [5, 5.41) is 3.90. The van der Waals surface area contributed by atoms with Gasteiger partial charge in [-0.1, -0.05) is 53.6 Å². The molecular weight excluding hydrogens is 535 g/mol. The molecule has 0 bridgehead atoms. The molecule has 5 nitrogen and oxygen atoms in total. The van der Waals surface area contributed by atoms with Crippen LogP contribution >= 0.6 is 22.9 Å². The zero-order chi connectivity index (χ0) is 27.0. The third-order valence-electron chi connectivity index (χ3n) is 5.75. The minimum atomic E-state index is -4.80. The molecule has 0 saturated carbocycles. The number of nitrogens with one attached hydrogen (secondary N) is 1. The number of aromatic nitrogens is 1. The Kier molecular flexibility index (Phi) is 6.73. The van der Waals surface area contributed by atoms with E-state index in [4.69, 9.17) is 22.3 Å². The van der Waals surface area contributed by atoms with Crippen LogP contribution in [0.1, 0.15) is 15.2 Å². The molecule has 0 aliphatic rings. The standard InChI is InChI=1S/C28H19ClF3N3O2S/c1-15-2-4-17(5-3-15)22-14-21(16-6-8-18(29)9-7-16)23-24(33)25(38-27(23)35-22)26(36)34-19-10-12-20(13-11-19)37-28(30,31)32/h2-14H,33H2,1H3,(H,34,36). The molecule has 0 aliphatic carbocycles. The van der Waals surface area contributed by atoms with Crippen LogP contribution in [-0.2, 0) is 0 Å². The van der Waals surface area contributed by atoms with Crippen molar-refractivity contribution in [1.82, 2.24) is 4.98 Å². The van der Waals surface area contributed by atoms with E-state index < -0.39 is 18.0 Å². The molecule has 1 amide bonds. The lowest BCUT2D eigenvalue weighted by Gasteiger charge is -2.10. The van der Waals surface area contributed by atoms with Gasteiger partial charge in [-0.15, -0.1) is 24.5 Å². The minimum Gasteiger partial charge on any atom is -0.406 e. The van der Waals surface area contributed by atoms with Gasteiger partial charge in [0, 0.05) is 21.7 Å². The number of alkyl halides is 3. The van der Waals surface area contributed by atoms with Crippen LogP contribution in [0.2, 0.25) is 5.02 Å². The summed E-state index contributed by atoms with van der Waals surface area (Å²) >= 11 is 7.24. The van der Waals surface area contributed by atoms with Crippen LogP contribution < -0.4 is 15.8 Å². The van der Waals surface area contributed by atoms with Crippen molar-refractivity contribution in [1.29, 1.82) is 0 Å². The maximum Gasteiger partial charge on any atom is 0.573 e. The van der Waals surface area contributed by atoms with E-state index in [-0.39, 0.29) is 16.3 Å². The van der Waals surface area contributed by atoms with Crippen LogP contribution in [0.3, 0.4) is 0 Å². The Morgan fingerprint density at radius 3 is 2.24 bits per heavy atom. The van der Waals surface area contributed by atoms with E-state index in [1.165, 1.54) is 12.1 Å². The first-order valence-electron chi connectivity index (χ1n) is 11.3. The summed E-state index contributed by atoms with van der Waals surface area (Å²) in [6, 6.07) is 22.0. The van der Waals surface area contributed by atoms with Crippen LogP contribution in [0, 0.1) is 6.92 Å². The summed E-state index contributed by atoms with van der Waals surface area (Å²) in [5.74, 6) is -0.897. The minimum absolute atomic E-state index is 0.236. The van der Waals surface area contributed by atoms with E-state index >= 15 is 0 Å². The number of rotatable bonds is 5. The van der Waals surface area contributed by atoms with E-state index in [1.807, 2.05) is 49.4 Å². The Balaban J connectivity index is 1.55. The van der Waals surface area contributed by atoms with Crippen molar-refractivity contribution in [2.24, 2.45) is 0 Å². The number of ether oxygens (including phenoxy) is 1. The molecular formula is C28H19ClF3N3O2S. The number of nitrogen functional groups attached to an aromatic ring is 1. The summed E-state index contributed by atoms with van der Waals surface area (Å²) in [5.41, 5.74) is 11.4. The number of carbonyl (C=O) groups is 1. The lowest BCUT2D eigenvalue weighted by atomic mass is 9.99. The fourth-order valence-corrected chi connectivity index (χ4v) is 5.09. The first kappa shape index (κ1) is 25.6. The van der Waals surface area contributed by atoms with Crippen molar-refractivity contribution < 1.29 is 22.7 Å². The molecule has 5 rings (SSSR count). The summed E-state index contributed by atoms with van der Waals surface area (Å²) in [7, 11) is 0. The van der Waals surface area contributed by atoms with Crippen molar-refractivity contribution in [2.45, 2.75) is 13.3 Å². The number of pyridine rings is 1. The first-order valence-corrected chi connectivity index (χ1v) is 12.5. The monoisotopic (exact) mass is 553 g/mol. The highest BCUT2D eigenvalue weighted by Gasteiger charge is 2.31. The number of nitrogens with two attached hydrogens (primary N) is 1. The maximum absolute atomic E-state index is 13.2. The first-order chi connectivity index (χ1) is 18.1. The second-order valence-electron chi connectivity index (χ2n) is 8.48. The Hall–Kier alpha value is -4.08. The quantitative estimate of drug-likeness (QED) is 0.229. The molecule has 5 aromatic rings. The molecule has 0 atom stereocenters. The van der Waals surface area contributed by atoms with Crippen LogP contribution in [0.4, 0.5) is 24.5 Å². The molecule has 0 spiro atoms. The largest absolute Gasteiger partial charge is 0.573 e. The Morgan fingerprint density at radius 2 is 1.61 bits per heavy atom. The third-order valence-corrected chi connectivity index (χ3v) is 7.10. The lowest BCUT2D eigenvalue weighted by molar-refractivity contribution is -0.274. The Bertz CT molecular complexity index is 1630. The second kappa shape index (κ2) is 10.00. The zero-order valence-corrected chi connectivity index (χ0v) is 21.3. The van der Waals surface area contributed by atoms with Gasteiger partial charge in [0.05, 0.1) is 11.4 Å².